The van der Waals surface area contributed by atoms with Crippen LogP contribution in [0.5, 0.6) is 0 Å². The molecule has 1 aromatic heterocycles. The lowest BCUT2D eigenvalue weighted by molar-refractivity contribution is -0.145. The number of hydrogen-bond acceptors (Lipinski definition) is 6. The SMILES string of the molecule is CCOC(Cn1cc(C(=O)NCCSc2ccccc2)nn1)OCC. The van der Waals surface area contributed by atoms with Gasteiger partial charge in [0.15, 0.2) is 12.0 Å². The maximum Gasteiger partial charge on any atom is 0.273 e. The number of carbonyl (C=O) groups is 1. The van der Waals surface area contributed by atoms with Gasteiger partial charge in [0.05, 0.1) is 12.7 Å². The molecule has 0 aliphatic rings. The highest BCUT2D eigenvalue weighted by atomic mass is 32.2. The number of nitrogens with one attached hydrogen (secondary N) is 1. The molecular formula is C17H24N4O3S. The number of rotatable bonds is 11. The molecule has 136 valence electrons. The van der Waals surface area contributed by atoms with E-state index < -0.39 is 6.29 Å². The molecule has 0 saturated heterocycles. The third-order valence-corrected chi connectivity index (χ3v) is 4.23. The van der Waals surface area contributed by atoms with E-state index in [0.717, 1.165) is 5.75 Å². The van der Waals surface area contributed by atoms with Crippen molar-refractivity contribution in [1.29, 1.82) is 0 Å². The van der Waals surface area contributed by atoms with Crippen molar-refractivity contribution in [2.45, 2.75) is 31.6 Å². The first-order chi connectivity index (χ1) is 12.2. The second kappa shape index (κ2) is 10.9. The monoisotopic (exact) mass is 364 g/mol. The highest BCUT2D eigenvalue weighted by Crippen LogP contribution is 2.15. The van der Waals surface area contributed by atoms with Crippen molar-refractivity contribution >= 4 is 17.7 Å². The van der Waals surface area contributed by atoms with Crippen molar-refractivity contribution in [3.63, 3.8) is 0 Å². The Kier molecular flexibility index (Phi) is 8.44. The van der Waals surface area contributed by atoms with Gasteiger partial charge >= 0.3 is 0 Å². The number of aromatic nitrogens is 3. The van der Waals surface area contributed by atoms with E-state index in [1.165, 1.54) is 4.90 Å². The van der Waals surface area contributed by atoms with E-state index >= 15 is 0 Å². The molecule has 0 saturated carbocycles. The molecule has 25 heavy (non-hydrogen) atoms. The largest absolute Gasteiger partial charge is 0.351 e. The molecular weight excluding hydrogens is 340 g/mol. The zero-order valence-corrected chi connectivity index (χ0v) is 15.4. The molecule has 7 nitrogen and oxygen atoms in total. The van der Waals surface area contributed by atoms with E-state index in [0.29, 0.717) is 26.3 Å². The van der Waals surface area contributed by atoms with Crippen LogP contribution in [-0.4, -0.2) is 52.7 Å². The maximum absolute atomic E-state index is 12.1. The quantitative estimate of drug-likeness (QED) is 0.374. The molecule has 8 heteroatoms. The number of thioether (sulfide) groups is 1. The summed E-state index contributed by atoms with van der Waals surface area (Å²) in [6, 6.07) is 10.1. The Morgan fingerprint density at radius 1 is 1.24 bits per heavy atom. The summed E-state index contributed by atoms with van der Waals surface area (Å²) in [4.78, 5) is 13.3. The topological polar surface area (TPSA) is 78.3 Å². The van der Waals surface area contributed by atoms with Gasteiger partial charge in [-0.05, 0) is 26.0 Å². The average Bonchev–Trinajstić information content (AvgIpc) is 3.08. The lowest BCUT2D eigenvalue weighted by atomic mass is 10.4. The van der Waals surface area contributed by atoms with Crippen LogP contribution in [0.3, 0.4) is 0 Å². The molecule has 0 aliphatic carbocycles. The first kappa shape index (κ1) is 19.4. The molecule has 1 heterocycles. The van der Waals surface area contributed by atoms with Crippen LogP contribution in [0, 0.1) is 0 Å². The molecule has 0 fully saturated rings. The molecule has 0 aliphatic heterocycles. The normalized spacial score (nSPS) is 11.0. The predicted octanol–water partition coefficient (Wildman–Crippen LogP) is 2.20. The summed E-state index contributed by atoms with van der Waals surface area (Å²) in [6.07, 6.45) is 1.21. The fraction of sp³-hybridized carbons (Fsp3) is 0.471. The molecule has 0 atom stereocenters. The van der Waals surface area contributed by atoms with Crippen LogP contribution in [0.2, 0.25) is 0 Å². The summed E-state index contributed by atoms with van der Waals surface area (Å²) in [5.41, 5.74) is 0.288. The van der Waals surface area contributed by atoms with Crippen molar-refractivity contribution in [2.24, 2.45) is 0 Å². The zero-order chi connectivity index (χ0) is 17.9. The fourth-order valence-electron chi connectivity index (χ4n) is 2.11. The predicted molar refractivity (Wildman–Crippen MR) is 96.6 cm³/mol. The summed E-state index contributed by atoms with van der Waals surface area (Å²) in [5, 5.41) is 10.7. The number of nitrogens with zero attached hydrogens (tertiary/aromatic N) is 3. The summed E-state index contributed by atoms with van der Waals surface area (Å²) in [7, 11) is 0. The number of hydrogen-bond donors (Lipinski definition) is 1. The minimum Gasteiger partial charge on any atom is -0.351 e. The van der Waals surface area contributed by atoms with Gasteiger partial charge in [-0.15, -0.1) is 16.9 Å². The van der Waals surface area contributed by atoms with Crippen molar-refractivity contribution in [2.75, 3.05) is 25.5 Å². The maximum atomic E-state index is 12.1. The van der Waals surface area contributed by atoms with Crippen molar-refractivity contribution < 1.29 is 14.3 Å². The van der Waals surface area contributed by atoms with Crippen molar-refractivity contribution in [1.82, 2.24) is 20.3 Å². The van der Waals surface area contributed by atoms with Crippen LogP contribution in [0.1, 0.15) is 24.3 Å². The molecule has 2 aromatic rings. The second-order valence-corrected chi connectivity index (χ2v) is 6.25. The molecule has 0 bridgehead atoms. The van der Waals surface area contributed by atoms with E-state index in [9.17, 15) is 4.79 Å². The van der Waals surface area contributed by atoms with Gasteiger partial charge in [-0.1, -0.05) is 23.4 Å². The van der Waals surface area contributed by atoms with Crippen LogP contribution < -0.4 is 5.32 Å². The van der Waals surface area contributed by atoms with Gasteiger partial charge in [0.1, 0.15) is 0 Å². The van der Waals surface area contributed by atoms with Gasteiger partial charge in [0, 0.05) is 30.4 Å². The minimum absolute atomic E-state index is 0.232. The van der Waals surface area contributed by atoms with Crippen LogP contribution in [0.4, 0.5) is 0 Å². The van der Waals surface area contributed by atoms with Gasteiger partial charge < -0.3 is 14.8 Å². The molecule has 2 rings (SSSR count). The molecule has 0 unspecified atom stereocenters. The smallest absolute Gasteiger partial charge is 0.273 e. The number of amides is 1. The van der Waals surface area contributed by atoms with E-state index in [4.69, 9.17) is 9.47 Å². The Morgan fingerprint density at radius 2 is 1.96 bits per heavy atom. The molecule has 1 amide bonds. The Labute approximate surface area is 152 Å². The standard InChI is InChI=1S/C17H24N4O3S/c1-3-23-16(24-4-2)13-21-12-15(19-20-21)17(22)18-10-11-25-14-8-6-5-7-9-14/h5-9,12,16H,3-4,10-11,13H2,1-2H3,(H,18,22). The number of ether oxygens (including phenoxy) is 2. The van der Waals surface area contributed by atoms with Crippen molar-refractivity contribution in [3.05, 3.63) is 42.2 Å². The fourth-order valence-corrected chi connectivity index (χ4v) is 2.90. The highest BCUT2D eigenvalue weighted by Gasteiger charge is 2.14. The van der Waals surface area contributed by atoms with Gasteiger partial charge in [-0.2, -0.15) is 0 Å². The van der Waals surface area contributed by atoms with Crippen LogP contribution in [0.25, 0.3) is 0 Å². The Morgan fingerprint density at radius 3 is 2.64 bits per heavy atom. The van der Waals surface area contributed by atoms with Crippen LogP contribution in [0.15, 0.2) is 41.4 Å². The van der Waals surface area contributed by atoms with Crippen LogP contribution >= 0.6 is 11.8 Å². The van der Waals surface area contributed by atoms with E-state index in [2.05, 4.69) is 15.6 Å². The molecule has 1 aromatic carbocycles. The highest BCUT2D eigenvalue weighted by molar-refractivity contribution is 7.99. The summed E-state index contributed by atoms with van der Waals surface area (Å²) in [5.74, 6) is 0.560. The van der Waals surface area contributed by atoms with E-state index in [-0.39, 0.29) is 11.6 Å². The third kappa shape index (κ3) is 6.85. The number of benzene rings is 1. The summed E-state index contributed by atoms with van der Waals surface area (Å²) < 4.78 is 12.5. The summed E-state index contributed by atoms with van der Waals surface area (Å²) in [6.45, 7) is 5.86. The van der Waals surface area contributed by atoms with Gasteiger partial charge in [0.2, 0.25) is 0 Å². The van der Waals surface area contributed by atoms with Crippen molar-refractivity contribution in [3.8, 4) is 0 Å². The number of carbonyl (C=O) groups excluding carboxylic acids is 1. The van der Waals surface area contributed by atoms with Gasteiger partial charge in [-0.25, -0.2) is 4.68 Å². The minimum atomic E-state index is -0.394. The molecule has 0 spiro atoms. The lowest BCUT2D eigenvalue weighted by Crippen LogP contribution is -2.26. The third-order valence-electron chi connectivity index (χ3n) is 3.21. The van der Waals surface area contributed by atoms with Crippen LogP contribution in [-0.2, 0) is 16.0 Å². The Balaban J connectivity index is 1.75. The Bertz CT molecular complexity index is 630. The van der Waals surface area contributed by atoms with E-state index in [1.54, 1.807) is 22.6 Å². The first-order valence-electron chi connectivity index (χ1n) is 8.32. The average molecular weight is 364 g/mol. The Hall–Kier alpha value is -1.90. The van der Waals surface area contributed by atoms with E-state index in [1.807, 2.05) is 44.2 Å². The molecule has 1 N–H and O–H groups in total. The first-order valence-corrected chi connectivity index (χ1v) is 9.30. The van der Waals surface area contributed by atoms with Gasteiger partial charge in [0.25, 0.3) is 5.91 Å². The van der Waals surface area contributed by atoms with Gasteiger partial charge in [-0.3, -0.25) is 4.79 Å². The summed E-state index contributed by atoms with van der Waals surface area (Å²) >= 11 is 1.69. The molecule has 0 radical (unpaired) electrons. The second-order valence-electron chi connectivity index (χ2n) is 5.08. The lowest BCUT2D eigenvalue weighted by Gasteiger charge is -2.16. The zero-order valence-electron chi connectivity index (χ0n) is 14.6.